The van der Waals surface area contributed by atoms with Gasteiger partial charge in [0.2, 0.25) is 17.6 Å². The number of nitrogens with zero attached hydrogens (tertiary/aromatic N) is 3. The Morgan fingerprint density at radius 1 is 1.14 bits per heavy atom. The van der Waals surface area contributed by atoms with E-state index in [1.165, 1.54) is 4.90 Å². The Morgan fingerprint density at radius 2 is 1.79 bits per heavy atom. The van der Waals surface area contributed by atoms with Gasteiger partial charge in [0.25, 0.3) is 5.89 Å². The molecule has 8 heteroatoms. The standard InChI is InChI=1S/C21H21N3O5/c1-13-6-8-14(9-7-13)19-22-17(29-23-19)12-28-18(25)10-11-24-20(26)15-4-2-3-5-16(15)21(24)27/h2-3,6-9,15-16H,4-5,10-12H2,1H3/t15-,16-/m1/s1. The normalized spacial score (nSPS) is 20.8. The molecule has 0 N–H and O–H groups in total. The monoisotopic (exact) mass is 395 g/mol. The molecule has 1 aliphatic carbocycles. The number of rotatable bonds is 6. The summed E-state index contributed by atoms with van der Waals surface area (Å²) in [6.45, 7) is 1.86. The van der Waals surface area contributed by atoms with Crippen LogP contribution in [0.1, 0.15) is 30.7 Å². The van der Waals surface area contributed by atoms with E-state index in [1.807, 2.05) is 43.3 Å². The predicted octanol–water partition coefficient (Wildman–Crippen LogP) is 2.43. The van der Waals surface area contributed by atoms with Crippen molar-refractivity contribution in [2.45, 2.75) is 32.8 Å². The maximum absolute atomic E-state index is 12.4. The first kappa shape index (κ1) is 19.0. The smallest absolute Gasteiger partial charge is 0.308 e. The molecule has 1 saturated heterocycles. The predicted molar refractivity (Wildman–Crippen MR) is 101 cm³/mol. The number of hydrogen-bond acceptors (Lipinski definition) is 7. The lowest BCUT2D eigenvalue weighted by molar-refractivity contribution is -0.147. The Kier molecular flexibility index (Phi) is 5.24. The fourth-order valence-corrected chi connectivity index (χ4v) is 3.64. The molecular weight excluding hydrogens is 374 g/mol. The summed E-state index contributed by atoms with van der Waals surface area (Å²) in [7, 11) is 0. The van der Waals surface area contributed by atoms with Crippen LogP contribution in [0.15, 0.2) is 40.9 Å². The van der Waals surface area contributed by atoms with E-state index in [0.717, 1.165) is 11.1 Å². The van der Waals surface area contributed by atoms with E-state index in [4.69, 9.17) is 9.26 Å². The van der Waals surface area contributed by atoms with Crippen molar-refractivity contribution in [3.63, 3.8) is 0 Å². The second kappa shape index (κ2) is 7.98. The van der Waals surface area contributed by atoms with Crippen LogP contribution in [-0.4, -0.2) is 39.4 Å². The van der Waals surface area contributed by atoms with Gasteiger partial charge < -0.3 is 9.26 Å². The minimum absolute atomic E-state index is 0.0297. The molecule has 2 aromatic rings. The molecule has 0 unspecified atom stereocenters. The van der Waals surface area contributed by atoms with Crippen molar-refractivity contribution in [2.75, 3.05) is 6.54 Å². The third kappa shape index (κ3) is 3.96. The fourth-order valence-electron chi connectivity index (χ4n) is 3.64. The lowest BCUT2D eigenvalue weighted by atomic mass is 9.85. The zero-order valence-corrected chi connectivity index (χ0v) is 16.0. The molecule has 0 radical (unpaired) electrons. The van der Waals surface area contributed by atoms with E-state index in [0.29, 0.717) is 18.7 Å². The number of likely N-dealkylation sites (tertiary alicyclic amines) is 1. The highest BCUT2D eigenvalue weighted by Gasteiger charge is 2.46. The summed E-state index contributed by atoms with van der Waals surface area (Å²) in [6, 6.07) is 7.65. The summed E-state index contributed by atoms with van der Waals surface area (Å²) in [4.78, 5) is 42.2. The van der Waals surface area contributed by atoms with Crippen molar-refractivity contribution < 1.29 is 23.6 Å². The Hall–Kier alpha value is -3.29. The number of carbonyl (C=O) groups is 3. The minimum atomic E-state index is -0.534. The van der Waals surface area contributed by atoms with E-state index in [9.17, 15) is 14.4 Å². The minimum Gasteiger partial charge on any atom is -0.456 e. The molecule has 0 saturated carbocycles. The molecule has 1 fully saturated rings. The number of fused-ring (bicyclic) bond motifs is 1. The van der Waals surface area contributed by atoms with Gasteiger partial charge in [-0.25, -0.2) is 0 Å². The lowest BCUT2D eigenvalue weighted by Gasteiger charge is -2.14. The van der Waals surface area contributed by atoms with Crippen LogP contribution in [0.4, 0.5) is 0 Å². The average Bonchev–Trinajstić information content (AvgIpc) is 3.30. The van der Waals surface area contributed by atoms with E-state index in [-0.39, 0.29) is 49.1 Å². The third-order valence-electron chi connectivity index (χ3n) is 5.27. The summed E-state index contributed by atoms with van der Waals surface area (Å²) in [5.74, 6) is -0.911. The SMILES string of the molecule is Cc1ccc(-c2noc(COC(=O)CCN3C(=O)[C@@H]4CC=CC[C@H]4C3=O)n2)cc1. The summed E-state index contributed by atoms with van der Waals surface area (Å²) in [6.07, 6.45) is 4.95. The topological polar surface area (TPSA) is 103 Å². The zero-order valence-electron chi connectivity index (χ0n) is 16.0. The summed E-state index contributed by atoms with van der Waals surface area (Å²) in [5, 5.41) is 3.88. The summed E-state index contributed by atoms with van der Waals surface area (Å²) < 4.78 is 10.3. The molecule has 150 valence electrons. The van der Waals surface area contributed by atoms with Gasteiger partial charge in [-0.1, -0.05) is 47.1 Å². The first-order valence-electron chi connectivity index (χ1n) is 9.58. The van der Waals surface area contributed by atoms with E-state index in [1.54, 1.807) is 0 Å². The van der Waals surface area contributed by atoms with Gasteiger partial charge in [-0.2, -0.15) is 4.98 Å². The molecular formula is C21H21N3O5. The third-order valence-corrected chi connectivity index (χ3v) is 5.27. The van der Waals surface area contributed by atoms with Crippen LogP contribution in [0, 0.1) is 18.8 Å². The molecule has 29 heavy (non-hydrogen) atoms. The second-order valence-corrected chi connectivity index (χ2v) is 7.27. The Balaban J connectivity index is 1.27. The second-order valence-electron chi connectivity index (χ2n) is 7.27. The van der Waals surface area contributed by atoms with Gasteiger partial charge in [0, 0.05) is 12.1 Å². The summed E-state index contributed by atoms with van der Waals surface area (Å²) in [5.41, 5.74) is 1.93. The number of benzene rings is 1. The Morgan fingerprint density at radius 3 is 2.45 bits per heavy atom. The molecule has 8 nitrogen and oxygen atoms in total. The molecule has 0 spiro atoms. The molecule has 2 aliphatic rings. The maximum atomic E-state index is 12.4. The molecule has 2 atom stereocenters. The largest absolute Gasteiger partial charge is 0.456 e. The van der Waals surface area contributed by atoms with Gasteiger partial charge in [-0.3, -0.25) is 19.3 Å². The number of aromatic nitrogens is 2. The van der Waals surface area contributed by atoms with Gasteiger partial charge in [-0.15, -0.1) is 0 Å². The first-order valence-corrected chi connectivity index (χ1v) is 9.58. The van der Waals surface area contributed by atoms with Crippen molar-refractivity contribution in [1.29, 1.82) is 0 Å². The molecule has 0 bridgehead atoms. The van der Waals surface area contributed by atoms with Crippen LogP contribution in [0.3, 0.4) is 0 Å². The van der Waals surface area contributed by atoms with Crippen LogP contribution >= 0.6 is 0 Å². The van der Waals surface area contributed by atoms with E-state index in [2.05, 4.69) is 10.1 Å². The van der Waals surface area contributed by atoms with Crippen LogP contribution in [0.25, 0.3) is 11.4 Å². The van der Waals surface area contributed by atoms with Gasteiger partial charge >= 0.3 is 5.97 Å². The molecule has 4 rings (SSSR count). The van der Waals surface area contributed by atoms with Crippen LogP contribution < -0.4 is 0 Å². The van der Waals surface area contributed by atoms with Gasteiger partial charge in [0.1, 0.15) is 0 Å². The number of carbonyl (C=O) groups excluding carboxylic acids is 3. The highest BCUT2D eigenvalue weighted by molar-refractivity contribution is 6.05. The zero-order chi connectivity index (χ0) is 20.4. The fraction of sp³-hybridized carbons (Fsp3) is 0.381. The Bertz CT molecular complexity index is 937. The number of ether oxygens (including phenoxy) is 1. The van der Waals surface area contributed by atoms with E-state index >= 15 is 0 Å². The molecule has 2 heterocycles. The average molecular weight is 395 g/mol. The number of imide groups is 1. The molecule has 1 aromatic heterocycles. The highest BCUT2D eigenvalue weighted by atomic mass is 16.6. The number of amides is 2. The van der Waals surface area contributed by atoms with Crippen LogP contribution in [0.5, 0.6) is 0 Å². The van der Waals surface area contributed by atoms with Crippen molar-refractivity contribution in [2.24, 2.45) is 11.8 Å². The van der Waals surface area contributed by atoms with Crippen LogP contribution in [-0.2, 0) is 25.7 Å². The summed E-state index contributed by atoms with van der Waals surface area (Å²) >= 11 is 0. The molecule has 2 amide bonds. The Labute approximate surface area is 167 Å². The first-order chi connectivity index (χ1) is 14.0. The number of allylic oxidation sites excluding steroid dienone is 2. The maximum Gasteiger partial charge on any atom is 0.308 e. The van der Waals surface area contributed by atoms with Crippen molar-refractivity contribution in [3.05, 3.63) is 47.9 Å². The number of esters is 1. The van der Waals surface area contributed by atoms with Crippen molar-refractivity contribution in [3.8, 4) is 11.4 Å². The van der Waals surface area contributed by atoms with Gasteiger partial charge in [0.15, 0.2) is 6.61 Å². The van der Waals surface area contributed by atoms with Crippen LogP contribution in [0.2, 0.25) is 0 Å². The highest BCUT2D eigenvalue weighted by Crippen LogP contribution is 2.35. The van der Waals surface area contributed by atoms with Gasteiger partial charge in [-0.05, 0) is 19.8 Å². The molecule has 1 aromatic carbocycles. The number of hydrogen-bond donors (Lipinski definition) is 0. The number of aryl methyl sites for hydroxylation is 1. The quantitative estimate of drug-likeness (QED) is 0.420. The van der Waals surface area contributed by atoms with Crippen molar-refractivity contribution >= 4 is 17.8 Å². The lowest BCUT2D eigenvalue weighted by Crippen LogP contribution is -2.33. The van der Waals surface area contributed by atoms with E-state index < -0.39 is 5.97 Å². The molecule has 1 aliphatic heterocycles. The van der Waals surface area contributed by atoms with Crippen molar-refractivity contribution in [1.82, 2.24) is 15.0 Å². The van der Waals surface area contributed by atoms with Gasteiger partial charge in [0.05, 0.1) is 18.3 Å².